The van der Waals surface area contributed by atoms with Crippen LogP contribution in [0, 0.1) is 5.92 Å². The van der Waals surface area contributed by atoms with Crippen molar-refractivity contribution in [3.05, 3.63) is 36.0 Å². The van der Waals surface area contributed by atoms with Gasteiger partial charge in [0.15, 0.2) is 0 Å². The fourth-order valence-corrected chi connectivity index (χ4v) is 4.02. The van der Waals surface area contributed by atoms with Crippen LogP contribution >= 0.6 is 7.60 Å². The number of carbonyl (C=O) groups is 2. The second-order valence-electron chi connectivity index (χ2n) is 7.48. The molecule has 0 aliphatic rings. The number of amides is 1. The number of para-hydroxylation sites is 1. The SMILES string of the molecule is COP(=O)(CN[C@@H](CC(C)C)C(=O)N[C@@H](Cc1c[nH]c2ccccc12)C(=O)O)OC. The summed E-state index contributed by atoms with van der Waals surface area (Å²) in [5.74, 6) is -1.46. The number of carboxylic acid groups (broad SMARTS) is 1. The van der Waals surface area contributed by atoms with Crippen LogP contribution < -0.4 is 10.6 Å². The number of carbonyl (C=O) groups excluding carboxylic acids is 1. The third-order valence-electron chi connectivity index (χ3n) is 4.82. The molecule has 2 atom stereocenters. The molecule has 1 aromatic heterocycles. The lowest BCUT2D eigenvalue weighted by Gasteiger charge is -2.24. The quantitative estimate of drug-likeness (QED) is 0.374. The number of benzene rings is 1. The number of aromatic nitrogens is 1. The molecule has 9 nitrogen and oxygen atoms in total. The Kier molecular flexibility index (Phi) is 8.61. The topological polar surface area (TPSA) is 130 Å². The Morgan fingerprint density at radius 3 is 2.43 bits per heavy atom. The van der Waals surface area contributed by atoms with E-state index in [4.69, 9.17) is 9.05 Å². The first-order valence-corrected chi connectivity index (χ1v) is 11.4. The van der Waals surface area contributed by atoms with E-state index in [1.54, 1.807) is 6.20 Å². The fraction of sp³-hybridized carbons (Fsp3) is 0.500. The fourth-order valence-electron chi connectivity index (χ4n) is 3.17. The normalized spacial score (nSPS) is 14.0. The predicted octanol–water partition coefficient (Wildman–Crippen LogP) is 2.73. The molecule has 0 unspecified atom stereocenters. The average molecular weight is 439 g/mol. The van der Waals surface area contributed by atoms with Gasteiger partial charge in [-0.25, -0.2) is 4.79 Å². The molecule has 0 saturated carbocycles. The highest BCUT2D eigenvalue weighted by atomic mass is 31.2. The maximum Gasteiger partial charge on any atom is 0.343 e. The summed E-state index contributed by atoms with van der Waals surface area (Å²) in [6.45, 7) is 3.88. The Bertz CT molecular complexity index is 905. The molecule has 0 fully saturated rings. The van der Waals surface area contributed by atoms with Crippen molar-refractivity contribution in [3.8, 4) is 0 Å². The van der Waals surface area contributed by atoms with Crippen LogP contribution in [0.25, 0.3) is 10.9 Å². The summed E-state index contributed by atoms with van der Waals surface area (Å²) in [7, 11) is -0.819. The number of nitrogens with one attached hydrogen (secondary N) is 3. The summed E-state index contributed by atoms with van der Waals surface area (Å²) in [5, 5.41) is 16.1. The number of carboxylic acids is 1. The smallest absolute Gasteiger partial charge is 0.343 e. The van der Waals surface area contributed by atoms with Crippen LogP contribution in [0.5, 0.6) is 0 Å². The van der Waals surface area contributed by atoms with Crippen molar-refractivity contribution in [2.45, 2.75) is 38.8 Å². The minimum atomic E-state index is -3.36. The molecule has 1 heterocycles. The molecule has 0 saturated heterocycles. The van der Waals surface area contributed by atoms with Gasteiger partial charge < -0.3 is 24.5 Å². The molecule has 166 valence electrons. The van der Waals surface area contributed by atoms with Gasteiger partial charge in [-0.2, -0.15) is 0 Å². The van der Waals surface area contributed by atoms with Crippen molar-refractivity contribution < 1.29 is 28.3 Å². The molecule has 0 radical (unpaired) electrons. The molecule has 10 heteroatoms. The van der Waals surface area contributed by atoms with Crippen molar-refractivity contribution in [2.75, 3.05) is 20.5 Å². The lowest BCUT2D eigenvalue weighted by molar-refractivity contribution is -0.142. The van der Waals surface area contributed by atoms with Crippen molar-refractivity contribution in [1.82, 2.24) is 15.6 Å². The zero-order chi connectivity index (χ0) is 22.3. The van der Waals surface area contributed by atoms with Gasteiger partial charge in [-0.05, 0) is 24.0 Å². The number of aromatic amines is 1. The molecule has 0 bridgehead atoms. The molecule has 1 aromatic carbocycles. The average Bonchev–Trinajstić information content (AvgIpc) is 3.12. The molecule has 1 amide bonds. The lowest BCUT2D eigenvalue weighted by Crippen LogP contribution is -2.51. The minimum Gasteiger partial charge on any atom is -0.480 e. The lowest BCUT2D eigenvalue weighted by atomic mass is 10.0. The molecular formula is C20H30N3O6P. The molecule has 30 heavy (non-hydrogen) atoms. The zero-order valence-electron chi connectivity index (χ0n) is 17.7. The second kappa shape index (κ2) is 10.7. The van der Waals surface area contributed by atoms with Crippen molar-refractivity contribution >= 4 is 30.4 Å². The third-order valence-corrected chi connectivity index (χ3v) is 6.51. The number of hydrogen-bond donors (Lipinski definition) is 4. The number of aliphatic carboxylic acids is 1. The third kappa shape index (κ3) is 6.40. The first-order valence-electron chi connectivity index (χ1n) is 9.71. The van der Waals surface area contributed by atoms with Crippen LogP contribution in [0.4, 0.5) is 0 Å². The highest BCUT2D eigenvalue weighted by Crippen LogP contribution is 2.44. The highest BCUT2D eigenvalue weighted by molar-refractivity contribution is 7.53. The number of rotatable bonds is 12. The van der Waals surface area contributed by atoms with Crippen LogP contribution in [0.15, 0.2) is 30.5 Å². The molecule has 4 N–H and O–H groups in total. The first kappa shape index (κ1) is 24.1. The van der Waals surface area contributed by atoms with Gasteiger partial charge in [0.05, 0.1) is 12.3 Å². The monoisotopic (exact) mass is 439 g/mol. The van der Waals surface area contributed by atoms with Gasteiger partial charge in [0, 0.05) is 37.7 Å². The summed E-state index contributed by atoms with van der Waals surface area (Å²) >= 11 is 0. The predicted molar refractivity (Wildman–Crippen MR) is 114 cm³/mol. The summed E-state index contributed by atoms with van der Waals surface area (Å²) in [5.41, 5.74) is 1.70. The largest absolute Gasteiger partial charge is 0.480 e. The number of fused-ring (bicyclic) bond motifs is 1. The van der Waals surface area contributed by atoms with Gasteiger partial charge >= 0.3 is 13.6 Å². The second-order valence-corrected chi connectivity index (χ2v) is 9.75. The van der Waals surface area contributed by atoms with E-state index in [0.29, 0.717) is 6.42 Å². The van der Waals surface area contributed by atoms with E-state index >= 15 is 0 Å². The Balaban J connectivity index is 2.13. The van der Waals surface area contributed by atoms with E-state index in [0.717, 1.165) is 16.5 Å². The van der Waals surface area contributed by atoms with Crippen LogP contribution in [-0.4, -0.2) is 54.6 Å². The Morgan fingerprint density at radius 2 is 1.83 bits per heavy atom. The van der Waals surface area contributed by atoms with E-state index in [9.17, 15) is 19.3 Å². The van der Waals surface area contributed by atoms with Gasteiger partial charge in [-0.3, -0.25) is 14.7 Å². The maximum absolute atomic E-state index is 12.9. The number of hydrogen-bond acceptors (Lipinski definition) is 6. The van der Waals surface area contributed by atoms with E-state index in [2.05, 4.69) is 15.6 Å². The van der Waals surface area contributed by atoms with E-state index < -0.39 is 31.6 Å². The molecule has 2 rings (SSSR count). The van der Waals surface area contributed by atoms with Crippen LogP contribution in [0.2, 0.25) is 0 Å². The summed E-state index contributed by atoms with van der Waals surface area (Å²) in [6, 6.07) is 5.72. The van der Waals surface area contributed by atoms with Crippen LogP contribution in [0.3, 0.4) is 0 Å². The van der Waals surface area contributed by atoms with E-state index in [1.165, 1.54) is 14.2 Å². The summed E-state index contributed by atoms with van der Waals surface area (Å²) in [6.07, 6.45) is 2.15. The standard InChI is InChI=1S/C20H30N3O6P/c1-13(2)9-17(22-12-30(27,28-3)29-4)19(24)23-18(20(25)26)10-14-11-21-16-8-6-5-7-15(14)16/h5-8,11,13,17-18,21-22H,9-10,12H2,1-4H3,(H,23,24)(H,25,26)/t17-,18-/m0/s1. The molecule has 2 aromatic rings. The summed E-state index contributed by atoms with van der Waals surface area (Å²) in [4.78, 5) is 27.8. The molecule has 0 aliphatic heterocycles. The Morgan fingerprint density at radius 1 is 1.17 bits per heavy atom. The Labute approximate surface area is 176 Å². The zero-order valence-corrected chi connectivity index (χ0v) is 18.6. The van der Waals surface area contributed by atoms with E-state index in [1.807, 2.05) is 38.1 Å². The van der Waals surface area contributed by atoms with Gasteiger partial charge in [-0.15, -0.1) is 0 Å². The molecule has 0 spiro atoms. The van der Waals surface area contributed by atoms with Crippen molar-refractivity contribution in [3.63, 3.8) is 0 Å². The first-order chi connectivity index (χ1) is 14.2. The Hall–Kier alpha value is -2.19. The van der Waals surface area contributed by atoms with Gasteiger partial charge in [0.1, 0.15) is 6.04 Å². The van der Waals surface area contributed by atoms with E-state index in [-0.39, 0.29) is 18.6 Å². The van der Waals surface area contributed by atoms with Gasteiger partial charge in [0.2, 0.25) is 5.91 Å². The molecule has 0 aliphatic carbocycles. The molecular weight excluding hydrogens is 409 g/mol. The van der Waals surface area contributed by atoms with Crippen LogP contribution in [0.1, 0.15) is 25.8 Å². The number of H-pyrrole nitrogens is 1. The van der Waals surface area contributed by atoms with Crippen molar-refractivity contribution in [2.24, 2.45) is 5.92 Å². The highest BCUT2D eigenvalue weighted by Gasteiger charge is 2.29. The van der Waals surface area contributed by atoms with Gasteiger partial charge in [0.25, 0.3) is 0 Å². The minimum absolute atomic E-state index is 0.133. The van der Waals surface area contributed by atoms with Crippen LogP contribution in [-0.2, 0) is 29.6 Å². The van der Waals surface area contributed by atoms with Gasteiger partial charge in [-0.1, -0.05) is 32.0 Å². The summed E-state index contributed by atoms with van der Waals surface area (Å²) < 4.78 is 22.1. The maximum atomic E-state index is 12.9. The van der Waals surface area contributed by atoms with Crippen molar-refractivity contribution in [1.29, 1.82) is 0 Å².